The van der Waals surface area contributed by atoms with Gasteiger partial charge >= 0.3 is 5.97 Å². The van der Waals surface area contributed by atoms with Crippen molar-refractivity contribution in [3.05, 3.63) is 0 Å². The summed E-state index contributed by atoms with van der Waals surface area (Å²) in [4.78, 5) is 14.4. The first kappa shape index (κ1) is 41.2. The number of carbonyl (C=O) groups excluding carboxylic acids is 1. The van der Waals surface area contributed by atoms with Crippen LogP contribution in [0.25, 0.3) is 0 Å². The molecule has 1 spiro atoms. The van der Waals surface area contributed by atoms with Crippen LogP contribution in [-0.4, -0.2) is 124 Å². The minimum Gasteiger partial charge on any atom is -0.458 e. The summed E-state index contributed by atoms with van der Waals surface area (Å²) in [5, 5.41) is 37.5. The number of ether oxygens (including phenoxy) is 8. The molecule has 3 bridgehead atoms. The van der Waals surface area contributed by atoms with Crippen LogP contribution < -0.4 is 5.32 Å². The van der Waals surface area contributed by atoms with E-state index in [2.05, 4.69) is 12.2 Å². The Balaban J connectivity index is 1.60. The molecule has 0 unspecified atom stereocenters. The molecule has 5 fully saturated rings. The van der Waals surface area contributed by atoms with Crippen LogP contribution >= 0.6 is 0 Å². The van der Waals surface area contributed by atoms with Crippen LogP contribution in [-0.2, 0) is 42.7 Å². The molecule has 13 nitrogen and oxygen atoms in total. The SMILES string of the molecule is CC[C@@H](O)[C@@]1(C)O[C@]23O[C@](C)(C[C@H]2C)[C@H](O[C@@H]2O[C@H](C)C[C@H](NC(C)C)[C@H]2O)[C@@H](C)[C@H](O[C@H]2C[C@@](C)(OC)[C@@H](O)[C@H](C)O2)[C@@H](C)C(=O)O[C@@H]1[C@H]3C. The van der Waals surface area contributed by atoms with Crippen LogP contribution in [0.3, 0.4) is 0 Å². The monoisotopic (exact) mass is 729 g/mol. The van der Waals surface area contributed by atoms with Crippen molar-refractivity contribution in [3.8, 4) is 0 Å². The molecule has 0 aliphatic carbocycles. The van der Waals surface area contributed by atoms with E-state index in [1.54, 1.807) is 27.9 Å². The topological polar surface area (TPSA) is 164 Å². The molecule has 5 aliphatic heterocycles. The van der Waals surface area contributed by atoms with Crippen LogP contribution in [0.1, 0.15) is 109 Å². The van der Waals surface area contributed by atoms with Crippen molar-refractivity contribution in [1.29, 1.82) is 0 Å². The van der Waals surface area contributed by atoms with Crippen molar-refractivity contribution in [2.45, 2.75) is 205 Å². The maximum Gasteiger partial charge on any atom is 0.311 e. The lowest BCUT2D eigenvalue weighted by molar-refractivity contribution is -0.341. The number of nitrogens with one attached hydrogen (secondary N) is 1. The summed E-state index contributed by atoms with van der Waals surface area (Å²) < 4.78 is 52.6. The molecule has 5 saturated heterocycles. The maximum absolute atomic E-state index is 14.4. The van der Waals surface area contributed by atoms with Crippen molar-refractivity contribution in [2.75, 3.05) is 7.11 Å². The molecule has 19 atom stereocenters. The molecule has 0 amide bonds. The number of rotatable bonds is 9. The van der Waals surface area contributed by atoms with E-state index < -0.39 is 102 Å². The highest BCUT2D eigenvalue weighted by atomic mass is 16.8. The van der Waals surface area contributed by atoms with Gasteiger partial charge in [0.15, 0.2) is 18.4 Å². The number of methoxy groups -OCH3 is 1. The third-order valence-electron chi connectivity index (χ3n) is 12.8. The summed E-state index contributed by atoms with van der Waals surface area (Å²) in [6.45, 7) is 23.0. The second-order valence-electron chi connectivity index (χ2n) is 17.3. The van der Waals surface area contributed by atoms with Gasteiger partial charge in [-0.1, -0.05) is 41.5 Å². The van der Waals surface area contributed by atoms with Gasteiger partial charge in [0.2, 0.25) is 0 Å². The Morgan fingerprint density at radius 2 is 1.65 bits per heavy atom. The predicted molar refractivity (Wildman–Crippen MR) is 186 cm³/mol. The first-order chi connectivity index (χ1) is 23.7. The molecule has 0 aromatic carbocycles. The van der Waals surface area contributed by atoms with Crippen molar-refractivity contribution in [3.63, 3.8) is 0 Å². The third-order valence-corrected chi connectivity index (χ3v) is 12.8. The summed E-state index contributed by atoms with van der Waals surface area (Å²) >= 11 is 0. The van der Waals surface area contributed by atoms with Crippen molar-refractivity contribution in [1.82, 2.24) is 5.32 Å². The average molecular weight is 730 g/mol. The van der Waals surface area contributed by atoms with Crippen molar-refractivity contribution < 1.29 is 58.0 Å². The Kier molecular flexibility index (Phi) is 12.1. The number of esters is 1. The fourth-order valence-electron chi connectivity index (χ4n) is 9.91. The molecule has 51 heavy (non-hydrogen) atoms. The molecule has 4 N–H and O–H groups in total. The van der Waals surface area contributed by atoms with Crippen LogP contribution in [0.5, 0.6) is 0 Å². The van der Waals surface area contributed by atoms with E-state index >= 15 is 0 Å². The zero-order chi connectivity index (χ0) is 38.0. The zero-order valence-electron chi connectivity index (χ0n) is 33.1. The largest absolute Gasteiger partial charge is 0.458 e. The molecule has 0 saturated carbocycles. The lowest BCUT2D eigenvalue weighted by atomic mass is 9.76. The first-order valence-corrected chi connectivity index (χ1v) is 19.2. The summed E-state index contributed by atoms with van der Waals surface area (Å²) in [6, 6.07) is -0.144. The summed E-state index contributed by atoms with van der Waals surface area (Å²) in [7, 11) is 1.55. The number of fused-ring (bicyclic) bond motifs is 2. The molecule has 5 rings (SSSR count). The maximum atomic E-state index is 14.4. The fraction of sp³-hybridized carbons (Fsp3) is 0.974. The number of hydrogen-bond acceptors (Lipinski definition) is 13. The number of aliphatic hydroxyl groups excluding tert-OH is 3. The third kappa shape index (κ3) is 7.28. The van der Waals surface area contributed by atoms with Crippen molar-refractivity contribution >= 4 is 5.97 Å². The van der Waals surface area contributed by atoms with Gasteiger partial charge in [0.05, 0.1) is 53.6 Å². The van der Waals surface area contributed by atoms with E-state index in [0.717, 1.165) is 0 Å². The molecule has 296 valence electrons. The Morgan fingerprint density at radius 1 is 0.980 bits per heavy atom. The quantitative estimate of drug-likeness (QED) is 0.256. The Hall–Kier alpha value is -0.970. The lowest BCUT2D eigenvalue weighted by Gasteiger charge is -2.48. The van der Waals surface area contributed by atoms with Gasteiger partial charge < -0.3 is 58.5 Å². The predicted octanol–water partition coefficient (Wildman–Crippen LogP) is 3.43. The van der Waals surface area contributed by atoms with Gasteiger partial charge in [-0.2, -0.15) is 0 Å². The Bertz CT molecular complexity index is 1220. The Morgan fingerprint density at radius 3 is 2.25 bits per heavy atom. The van der Waals surface area contributed by atoms with Crippen LogP contribution in [0, 0.1) is 23.7 Å². The second kappa shape index (κ2) is 14.9. The van der Waals surface area contributed by atoms with E-state index in [9.17, 15) is 20.1 Å². The molecular formula is C38H67NO12. The van der Waals surface area contributed by atoms with Crippen molar-refractivity contribution in [2.24, 2.45) is 23.7 Å². The molecule has 0 aromatic heterocycles. The molecule has 13 heteroatoms. The highest BCUT2D eigenvalue weighted by Crippen LogP contribution is 2.59. The standard InChI is InChI=1S/C38H67NO12/c1-14-26(40)37(12)32-23(8)38(51-37)19(4)16-36(11,50-38)31(49-34-28(41)25(39-18(2)3)15-20(5)45-34)21(6)29(22(7)33(43)48-32)47-27-17-35(10,44-13)30(42)24(9)46-27/h18-32,34,39-42H,14-17H2,1-13H3/t19-,20-,21+,22-,23-,24+,25+,26-,27+,28-,29+,30+,31-,32-,34+,35-,36-,37-,38-/m1/s1. The lowest BCUT2D eigenvalue weighted by Crippen LogP contribution is -2.61. The molecule has 0 radical (unpaired) electrons. The minimum atomic E-state index is -1.26. The van der Waals surface area contributed by atoms with Crippen LogP contribution in [0.2, 0.25) is 0 Å². The molecule has 5 heterocycles. The van der Waals surface area contributed by atoms with E-state index in [-0.39, 0.29) is 30.5 Å². The highest BCUT2D eigenvalue weighted by Gasteiger charge is 2.72. The number of carbonyl (C=O) groups is 1. The minimum absolute atomic E-state index is 0.129. The molecule has 5 aliphatic rings. The average Bonchev–Trinajstić information content (AvgIpc) is 3.44. The second-order valence-corrected chi connectivity index (χ2v) is 17.3. The van der Waals surface area contributed by atoms with Gasteiger partial charge in [-0.3, -0.25) is 4.79 Å². The first-order valence-electron chi connectivity index (χ1n) is 19.2. The van der Waals surface area contributed by atoms with E-state index in [1.807, 2.05) is 55.4 Å². The van der Waals surface area contributed by atoms with Gasteiger partial charge in [-0.15, -0.1) is 0 Å². The van der Waals surface area contributed by atoms with Gasteiger partial charge in [-0.25, -0.2) is 0 Å². The smallest absolute Gasteiger partial charge is 0.311 e. The molecule has 0 aromatic rings. The fourth-order valence-corrected chi connectivity index (χ4v) is 9.91. The zero-order valence-corrected chi connectivity index (χ0v) is 33.1. The van der Waals surface area contributed by atoms with E-state index in [1.165, 1.54) is 0 Å². The number of aliphatic hydroxyl groups is 3. The summed E-state index contributed by atoms with van der Waals surface area (Å²) in [5.74, 6) is -3.78. The van der Waals surface area contributed by atoms with Gasteiger partial charge in [0.1, 0.15) is 23.9 Å². The van der Waals surface area contributed by atoms with Crippen LogP contribution in [0.15, 0.2) is 0 Å². The van der Waals surface area contributed by atoms with E-state index in [0.29, 0.717) is 19.3 Å². The summed E-state index contributed by atoms with van der Waals surface area (Å²) in [6.07, 6.45) is -6.27. The van der Waals surface area contributed by atoms with Gasteiger partial charge in [-0.05, 0) is 60.8 Å². The normalized spacial score (nSPS) is 52.8. The van der Waals surface area contributed by atoms with E-state index in [4.69, 9.17) is 37.9 Å². The van der Waals surface area contributed by atoms with Crippen LogP contribution in [0.4, 0.5) is 0 Å². The summed E-state index contributed by atoms with van der Waals surface area (Å²) in [5.41, 5.74) is -3.25. The molecular weight excluding hydrogens is 662 g/mol. The Labute approximate surface area is 304 Å². The van der Waals surface area contributed by atoms with Gasteiger partial charge in [0.25, 0.3) is 0 Å². The van der Waals surface area contributed by atoms with Gasteiger partial charge in [0, 0.05) is 37.5 Å². The number of hydrogen-bond donors (Lipinski definition) is 4. The highest BCUT2D eigenvalue weighted by molar-refractivity contribution is 5.73.